The number of carboxylic acid groups (broad SMARTS) is 1. The number of hydrogen-bond acceptors (Lipinski definition) is 4. The number of benzene rings is 2. The van der Waals surface area contributed by atoms with Crippen LogP contribution in [0.25, 0.3) is 11.1 Å². The molecule has 2 aromatic rings. The van der Waals surface area contributed by atoms with Crippen LogP contribution in [0.1, 0.15) is 57.1 Å². The minimum atomic E-state index is -1.00. The van der Waals surface area contributed by atoms with Gasteiger partial charge in [0.2, 0.25) is 5.91 Å². The van der Waals surface area contributed by atoms with E-state index >= 15 is 0 Å². The van der Waals surface area contributed by atoms with Gasteiger partial charge in [-0.25, -0.2) is 9.59 Å². The first kappa shape index (κ1) is 25.3. The predicted molar refractivity (Wildman–Crippen MR) is 131 cm³/mol. The third-order valence-electron chi connectivity index (χ3n) is 6.59. The lowest BCUT2D eigenvalue weighted by molar-refractivity contribution is -0.149. The molecule has 0 aliphatic heterocycles. The van der Waals surface area contributed by atoms with E-state index in [1.807, 2.05) is 31.2 Å². The molecule has 1 aliphatic rings. The summed E-state index contributed by atoms with van der Waals surface area (Å²) < 4.78 is 5.55. The Bertz CT molecular complexity index is 976. The molecular weight excluding hydrogens is 432 g/mol. The fourth-order valence-electron chi connectivity index (χ4n) is 4.53. The molecule has 34 heavy (non-hydrogen) atoms. The average Bonchev–Trinajstić information content (AvgIpc) is 3.15. The van der Waals surface area contributed by atoms with Crippen LogP contribution in [0, 0.1) is 5.92 Å². The topological polar surface area (TPSA) is 95.9 Å². The molecule has 2 amide bonds. The Balaban J connectivity index is 1.41. The van der Waals surface area contributed by atoms with E-state index in [1.54, 1.807) is 6.92 Å². The van der Waals surface area contributed by atoms with Gasteiger partial charge in [-0.15, -0.1) is 0 Å². The summed E-state index contributed by atoms with van der Waals surface area (Å²) in [5.74, 6) is -0.932. The number of aliphatic carboxylic acids is 1. The van der Waals surface area contributed by atoms with Crippen LogP contribution in [-0.2, 0) is 14.3 Å². The van der Waals surface area contributed by atoms with Crippen molar-refractivity contribution in [1.82, 2.24) is 10.2 Å². The van der Waals surface area contributed by atoms with E-state index in [0.717, 1.165) is 0 Å². The summed E-state index contributed by atoms with van der Waals surface area (Å²) in [6, 6.07) is 15.6. The van der Waals surface area contributed by atoms with Crippen molar-refractivity contribution >= 4 is 18.0 Å². The number of ether oxygens (including phenoxy) is 1. The van der Waals surface area contributed by atoms with Gasteiger partial charge in [-0.1, -0.05) is 55.5 Å². The maximum atomic E-state index is 12.4. The highest BCUT2D eigenvalue weighted by atomic mass is 16.5. The van der Waals surface area contributed by atoms with Crippen molar-refractivity contribution in [3.8, 4) is 11.1 Å². The zero-order valence-electron chi connectivity index (χ0n) is 20.1. The van der Waals surface area contributed by atoms with Crippen molar-refractivity contribution in [2.45, 2.75) is 52.0 Å². The first-order valence-electron chi connectivity index (χ1n) is 11.9. The third-order valence-corrected chi connectivity index (χ3v) is 6.59. The Labute approximate surface area is 201 Å². The maximum absolute atomic E-state index is 12.4. The molecular formula is C27H34N2O5. The number of carboxylic acids is 1. The second kappa shape index (κ2) is 11.7. The molecule has 3 rings (SSSR count). The summed E-state index contributed by atoms with van der Waals surface area (Å²) in [7, 11) is 0. The highest BCUT2D eigenvalue weighted by molar-refractivity contribution is 5.83. The fraction of sp³-hybridized carbons (Fsp3) is 0.444. The minimum Gasteiger partial charge on any atom is -0.480 e. The van der Waals surface area contributed by atoms with E-state index in [0.29, 0.717) is 25.9 Å². The number of carbonyl (C=O) groups is 3. The average molecular weight is 467 g/mol. The van der Waals surface area contributed by atoms with Crippen LogP contribution < -0.4 is 5.32 Å². The number of carbonyl (C=O) groups excluding carboxylic acids is 2. The molecule has 0 saturated heterocycles. The number of nitrogens with zero attached hydrogens (tertiary/aromatic N) is 1. The second-order valence-corrected chi connectivity index (χ2v) is 8.88. The van der Waals surface area contributed by atoms with E-state index in [9.17, 15) is 14.4 Å². The fourth-order valence-corrected chi connectivity index (χ4v) is 4.53. The summed E-state index contributed by atoms with van der Waals surface area (Å²) in [4.78, 5) is 37.2. The van der Waals surface area contributed by atoms with Crippen molar-refractivity contribution < 1.29 is 24.2 Å². The molecule has 0 saturated carbocycles. The van der Waals surface area contributed by atoms with Gasteiger partial charge in [0.1, 0.15) is 12.6 Å². The molecule has 7 nitrogen and oxygen atoms in total. The summed E-state index contributed by atoms with van der Waals surface area (Å²) in [5, 5.41) is 11.9. The highest BCUT2D eigenvalue weighted by Gasteiger charge is 2.29. The second-order valence-electron chi connectivity index (χ2n) is 8.88. The monoisotopic (exact) mass is 466 g/mol. The smallest absolute Gasteiger partial charge is 0.407 e. The van der Waals surface area contributed by atoms with Gasteiger partial charge in [-0.3, -0.25) is 4.79 Å². The molecule has 0 heterocycles. The summed E-state index contributed by atoms with van der Waals surface area (Å²) in [5.41, 5.74) is 4.73. The Hall–Kier alpha value is -3.35. The SMILES string of the molecule is CCN(C(=O)CCC(C)CCNC(=O)OCC1c2ccccc2-c2ccccc21)C(C)C(=O)O. The number of rotatable bonds is 11. The Morgan fingerprint density at radius 1 is 1.00 bits per heavy atom. The van der Waals surface area contributed by atoms with Gasteiger partial charge in [0.25, 0.3) is 0 Å². The molecule has 0 spiro atoms. The van der Waals surface area contributed by atoms with Gasteiger partial charge in [0.05, 0.1) is 0 Å². The van der Waals surface area contributed by atoms with Gasteiger partial charge in [-0.2, -0.15) is 0 Å². The van der Waals surface area contributed by atoms with E-state index in [-0.39, 0.29) is 30.8 Å². The number of likely N-dealkylation sites (N-methyl/N-ethyl adjacent to an activating group) is 1. The number of amides is 2. The highest BCUT2D eigenvalue weighted by Crippen LogP contribution is 2.44. The zero-order chi connectivity index (χ0) is 24.7. The Morgan fingerprint density at radius 3 is 2.15 bits per heavy atom. The van der Waals surface area contributed by atoms with Crippen molar-refractivity contribution in [2.75, 3.05) is 19.7 Å². The van der Waals surface area contributed by atoms with Crippen molar-refractivity contribution in [3.63, 3.8) is 0 Å². The summed E-state index contributed by atoms with van der Waals surface area (Å²) in [6.07, 6.45) is 1.18. The molecule has 0 fully saturated rings. The lowest BCUT2D eigenvalue weighted by atomic mass is 9.98. The van der Waals surface area contributed by atoms with Crippen LogP contribution in [0.5, 0.6) is 0 Å². The quantitative estimate of drug-likeness (QED) is 0.502. The minimum absolute atomic E-state index is 0.0257. The van der Waals surface area contributed by atoms with Crippen LogP contribution in [0.15, 0.2) is 48.5 Å². The Kier molecular flexibility index (Phi) is 8.68. The predicted octanol–water partition coefficient (Wildman–Crippen LogP) is 4.65. The largest absolute Gasteiger partial charge is 0.480 e. The van der Waals surface area contributed by atoms with Crippen molar-refractivity contribution in [1.29, 1.82) is 0 Å². The number of nitrogens with one attached hydrogen (secondary N) is 1. The summed E-state index contributed by atoms with van der Waals surface area (Å²) >= 11 is 0. The van der Waals surface area contributed by atoms with E-state index in [1.165, 1.54) is 34.1 Å². The first-order chi connectivity index (χ1) is 16.3. The van der Waals surface area contributed by atoms with Crippen LogP contribution in [0.2, 0.25) is 0 Å². The zero-order valence-corrected chi connectivity index (χ0v) is 20.1. The van der Waals surface area contributed by atoms with Crippen LogP contribution in [0.4, 0.5) is 4.79 Å². The lowest BCUT2D eigenvalue weighted by Gasteiger charge is -2.25. The number of alkyl carbamates (subject to hydrolysis) is 1. The molecule has 7 heteroatoms. The number of hydrogen-bond donors (Lipinski definition) is 2. The van der Waals surface area contributed by atoms with E-state index in [4.69, 9.17) is 9.84 Å². The van der Waals surface area contributed by atoms with Gasteiger partial charge in [0.15, 0.2) is 0 Å². The van der Waals surface area contributed by atoms with E-state index in [2.05, 4.69) is 29.6 Å². The third kappa shape index (κ3) is 5.95. The van der Waals surface area contributed by atoms with Gasteiger partial charge < -0.3 is 20.1 Å². The molecule has 2 unspecified atom stereocenters. The van der Waals surface area contributed by atoms with Crippen LogP contribution in [0.3, 0.4) is 0 Å². The van der Waals surface area contributed by atoms with Gasteiger partial charge >= 0.3 is 12.1 Å². The first-order valence-corrected chi connectivity index (χ1v) is 11.9. The Morgan fingerprint density at radius 2 is 1.59 bits per heavy atom. The molecule has 182 valence electrons. The molecule has 2 atom stereocenters. The van der Waals surface area contributed by atoms with Crippen molar-refractivity contribution in [2.24, 2.45) is 5.92 Å². The molecule has 0 aromatic heterocycles. The maximum Gasteiger partial charge on any atom is 0.407 e. The molecule has 2 N–H and O–H groups in total. The van der Waals surface area contributed by atoms with Crippen LogP contribution >= 0.6 is 0 Å². The molecule has 2 aromatic carbocycles. The molecule has 0 radical (unpaired) electrons. The van der Waals surface area contributed by atoms with Gasteiger partial charge in [-0.05, 0) is 54.9 Å². The van der Waals surface area contributed by atoms with E-state index < -0.39 is 18.1 Å². The number of fused-ring (bicyclic) bond motifs is 3. The van der Waals surface area contributed by atoms with Gasteiger partial charge in [0, 0.05) is 25.4 Å². The summed E-state index contributed by atoms with van der Waals surface area (Å²) in [6.45, 7) is 6.41. The molecule has 0 bridgehead atoms. The van der Waals surface area contributed by atoms with Crippen molar-refractivity contribution in [3.05, 3.63) is 59.7 Å². The normalized spacial score (nSPS) is 14.0. The lowest BCUT2D eigenvalue weighted by Crippen LogP contribution is -2.43. The molecule has 1 aliphatic carbocycles. The standard InChI is InChI=1S/C27H34N2O5/c1-4-29(19(3)26(31)32)25(30)14-13-18(2)15-16-28-27(33)34-17-24-22-11-7-5-9-20(22)21-10-6-8-12-23(21)24/h5-12,18-19,24H,4,13-17H2,1-3H3,(H,28,33)(H,31,32). The van der Waals surface area contributed by atoms with Crippen LogP contribution in [-0.4, -0.2) is 53.7 Å².